The number of nitrogens with zero attached hydrogens (tertiary/aromatic N) is 5. The molecule has 8 heteroatoms. The summed E-state index contributed by atoms with van der Waals surface area (Å²) in [5.74, 6) is 2.54. The minimum absolute atomic E-state index is 0.0593. The van der Waals surface area contributed by atoms with Crippen molar-refractivity contribution in [2.45, 2.75) is 58.8 Å². The van der Waals surface area contributed by atoms with Crippen LogP contribution in [0, 0.1) is 0 Å². The largest absolute Gasteiger partial charge is 0.463 e. The SMILES string of the molecule is CC(=O)NCc1ccc(C2CCCN2Cc2nnnn2C(C)C)o1. The van der Waals surface area contributed by atoms with Crippen molar-refractivity contribution in [3.05, 3.63) is 29.5 Å². The standard InChI is InChI=1S/C16H24N6O2/c1-11(2)22-16(18-19-20-22)10-21-8-4-5-14(21)15-7-6-13(24-15)9-17-12(3)23/h6-7,11,14H,4-5,8-10H2,1-3H3,(H,17,23). The summed E-state index contributed by atoms with van der Waals surface area (Å²) in [6, 6.07) is 4.41. The Balaban J connectivity index is 1.69. The Hall–Kier alpha value is -2.22. The van der Waals surface area contributed by atoms with Crippen LogP contribution in [0.2, 0.25) is 0 Å². The van der Waals surface area contributed by atoms with Crippen LogP contribution in [0.15, 0.2) is 16.5 Å². The van der Waals surface area contributed by atoms with Gasteiger partial charge in [-0.05, 0) is 55.8 Å². The number of hydrogen-bond donors (Lipinski definition) is 1. The zero-order valence-corrected chi connectivity index (χ0v) is 14.4. The molecule has 1 aliphatic rings. The fraction of sp³-hybridized carbons (Fsp3) is 0.625. The molecule has 0 aromatic carbocycles. The van der Waals surface area contributed by atoms with Crippen molar-refractivity contribution in [1.29, 1.82) is 0 Å². The Morgan fingerprint density at radius 2 is 2.29 bits per heavy atom. The van der Waals surface area contributed by atoms with Gasteiger partial charge >= 0.3 is 0 Å². The van der Waals surface area contributed by atoms with Gasteiger partial charge in [0.15, 0.2) is 5.82 Å². The summed E-state index contributed by atoms with van der Waals surface area (Å²) in [5, 5.41) is 14.8. The summed E-state index contributed by atoms with van der Waals surface area (Å²) in [4.78, 5) is 13.4. The third-order valence-electron chi connectivity index (χ3n) is 4.28. The number of carbonyl (C=O) groups excluding carboxylic acids is 1. The van der Waals surface area contributed by atoms with Crippen LogP contribution in [0.4, 0.5) is 0 Å². The van der Waals surface area contributed by atoms with E-state index in [1.807, 2.05) is 16.8 Å². The van der Waals surface area contributed by atoms with Crippen LogP contribution in [0.1, 0.15) is 63.0 Å². The molecule has 0 aliphatic carbocycles. The summed E-state index contributed by atoms with van der Waals surface area (Å²) >= 11 is 0. The van der Waals surface area contributed by atoms with Crippen molar-refractivity contribution >= 4 is 5.91 Å². The van der Waals surface area contributed by atoms with Gasteiger partial charge in [0.2, 0.25) is 5.91 Å². The first-order valence-electron chi connectivity index (χ1n) is 8.38. The van der Waals surface area contributed by atoms with E-state index in [2.05, 4.69) is 39.6 Å². The maximum Gasteiger partial charge on any atom is 0.217 e. The van der Waals surface area contributed by atoms with E-state index in [0.29, 0.717) is 13.1 Å². The normalized spacial score (nSPS) is 18.4. The summed E-state index contributed by atoms with van der Waals surface area (Å²) in [7, 11) is 0. The highest BCUT2D eigenvalue weighted by atomic mass is 16.3. The van der Waals surface area contributed by atoms with Gasteiger partial charge in [0.1, 0.15) is 11.5 Å². The number of amides is 1. The van der Waals surface area contributed by atoms with E-state index in [1.165, 1.54) is 6.92 Å². The van der Waals surface area contributed by atoms with Gasteiger partial charge in [-0.15, -0.1) is 5.10 Å². The lowest BCUT2D eigenvalue weighted by atomic mass is 10.1. The van der Waals surface area contributed by atoms with E-state index >= 15 is 0 Å². The van der Waals surface area contributed by atoms with Crippen LogP contribution in [0.5, 0.6) is 0 Å². The zero-order valence-electron chi connectivity index (χ0n) is 14.4. The third-order valence-corrected chi connectivity index (χ3v) is 4.28. The maximum atomic E-state index is 11.0. The van der Waals surface area contributed by atoms with Gasteiger partial charge < -0.3 is 9.73 Å². The maximum absolute atomic E-state index is 11.0. The lowest BCUT2D eigenvalue weighted by molar-refractivity contribution is -0.119. The van der Waals surface area contributed by atoms with Gasteiger partial charge in [-0.2, -0.15) is 0 Å². The second-order valence-electron chi connectivity index (χ2n) is 6.48. The first-order valence-corrected chi connectivity index (χ1v) is 8.38. The van der Waals surface area contributed by atoms with Gasteiger partial charge in [0.05, 0.1) is 25.2 Å². The highest BCUT2D eigenvalue weighted by Crippen LogP contribution is 2.34. The van der Waals surface area contributed by atoms with Crippen molar-refractivity contribution in [1.82, 2.24) is 30.4 Å². The number of likely N-dealkylation sites (tertiary alicyclic amines) is 1. The first-order chi connectivity index (χ1) is 11.5. The Labute approximate surface area is 141 Å². The molecule has 0 saturated carbocycles. The van der Waals surface area contributed by atoms with E-state index in [9.17, 15) is 4.79 Å². The number of hydrogen-bond acceptors (Lipinski definition) is 6. The molecule has 1 fully saturated rings. The van der Waals surface area contributed by atoms with Crippen LogP contribution in [-0.2, 0) is 17.9 Å². The highest BCUT2D eigenvalue weighted by molar-refractivity contribution is 5.72. The van der Waals surface area contributed by atoms with Crippen LogP contribution < -0.4 is 5.32 Å². The molecule has 1 saturated heterocycles. The molecule has 8 nitrogen and oxygen atoms in total. The predicted molar refractivity (Wildman–Crippen MR) is 86.8 cm³/mol. The molecular formula is C16H24N6O2. The van der Waals surface area contributed by atoms with Crippen molar-refractivity contribution in [3.63, 3.8) is 0 Å². The van der Waals surface area contributed by atoms with Gasteiger partial charge in [-0.3, -0.25) is 9.69 Å². The molecule has 2 aromatic rings. The van der Waals surface area contributed by atoms with Crippen molar-refractivity contribution in [3.8, 4) is 0 Å². The molecule has 0 spiro atoms. The molecule has 24 heavy (non-hydrogen) atoms. The fourth-order valence-electron chi connectivity index (χ4n) is 3.12. The van der Waals surface area contributed by atoms with E-state index in [1.54, 1.807) is 0 Å². The molecule has 1 amide bonds. The minimum Gasteiger partial charge on any atom is -0.463 e. The van der Waals surface area contributed by atoms with Crippen molar-refractivity contribution < 1.29 is 9.21 Å². The Morgan fingerprint density at radius 3 is 3.04 bits per heavy atom. The molecule has 1 atom stereocenters. The number of carbonyl (C=O) groups is 1. The molecule has 2 aromatic heterocycles. The number of furan rings is 1. The Morgan fingerprint density at radius 1 is 1.46 bits per heavy atom. The molecule has 1 N–H and O–H groups in total. The highest BCUT2D eigenvalue weighted by Gasteiger charge is 2.30. The second kappa shape index (κ2) is 7.12. The Kier molecular flexibility index (Phi) is 4.94. The van der Waals surface area contributed by atoms with Gasteiger partial charge in [0, 0.05) is 6.92 Å². The summed E-state index contributed by atoms with van der Waals surface area (Å²) < 4.78 is 7.79. The van der Waals surface area contributed by atoms with Gasteiger partial charge in [0.25, 0.3) is 0 Å². The fourth-order valence-corrected chi connectivity index (χ4v) is 3.12. The van der Waals surface area contributed by atoms with Gasteiger partial charge in [-0.25, -0.2) is 4.68 Å². The van der Waals surface area contributed by atoms with E-state index < -0.39 is 0 Å². The van der Waals surface area contributed by atoms with E-state index in [4.69, 9.17) is 4.42 Å². The lowest BCUT2D eigenvalue weighted by Crippen LogP contribution is -2.25. The molecule has 3 rings (SSSR count). The average molecular weight is 332 g/mol. The van der Waals surface area contributed by atoms with Crippen molar-refractivity contribution in [2.24, 2.45) is 0 Å². The topological polar surface area (TPSA) is 89.1 Å². The molecule has 130 valence electrons. The van der Waals surface area contributed by atoms with Crippen LogP contribution >= 0.6 is 0 Å². The minimum atomic E-state index is -0.0593. The first kappa shape index (κ1) is 16.6. The second-order valence-corrected chi connectivity index (χ2v) is 6.48. The molecule has 3 heterocycles. The molecule has 0 bridgehead atoms. The smallest absolute Gasteiger partial charge is 0.217 e. The zero-order chi connectivity index (χ0) is 17.1. The molecule has 1 unspecified atom stereocenters. The Bertz CT molecular complexity index is 692. The average Bonchev–Trinajstić information content (AvgIpc) is 3.25. The summed E-state index contributed by atoms with van der Waals surface area (Å²) in [6.07, 6.45) is 2.17. The number of aromatic nitrogens is 4. The number of nitrogens with one attached hydrogen (secondary N) is 1. The third kappa shape index (κ3) is 3.64. The van der Waals surface area contributed by atoms with Crippen molar-refractivity contribution in [2.75, 3.05) is 6.54 Å². The number of tetrazole rings is 1. The van der Waals surface area contributed by atoms with E-state index in [0.717, 1.165) is 36.7 Å². The molecular weight excluding hydrogens is 308 g/mol. The molecule has 1 aliphatic heterocycles. The monoisotopic (exact) mass is 332 g/mol. The lowest BCUT2D eigenvalue weighted by Gasteiger charge is -2.22. The summed E-state index contributed by atoms with van der Waals surface area (Å²) in [5.41, 5.74) is 0. The number of rotatable bonds is 6. The predicted octanol–water partition coefficient (Wildman–Crippen LogP) is 1.82. The molecule has 0 radical (unpaired) electrons. The van der Waals surface area contributed by atoms with Crippen LogP contribution in [0.25, 0.3) is 0 Å². The van der Waals surface area contributed by atoms with Crippen LogP contribution in [-0.4, -0.2) is 37.6 Å². The van der Waals surface area contributed by atoms with E-state index in [-0.39, 0.29) is 18.0 Å². The van der Waals surface area contributed by atoms with Gasteiger partial charge in [-0.1, -0.05) is 0 Å². The van der Waals surface area contributed by atoms with Crippen LogP contribution in [0.3, 0.4) is 0 Å². The summed E-state index contributed by atoms with van der Waals surface area (Å²) in [6.45, 7) is 7.77. The quantitative estimate of drug-likeness (QED) is 0.868.